The minimum absolute atomic E-state index is 0.0362. The molecule has 0 aliphatic carbocycles. The van der Waals surface area contributed by atoms with Crippen LogP contribution in [0.1, 0.15) is 10.4 Å². The van der Waals surface area contributed by atoms with E-state index in [4.69, 9.17) is 4.74 Å². The minimum Gasteiger partial charge on any atom is -0.455 e. The molecule has 9 nitrogen and oxygen atoms in total. The maximum Gasteiger partial charge on any atom is 0.262 e. The highest BCUT2D eigenvalue weighted by molar-refractivity contribution is 7.92. The lowest BCUT2D eigenvalue weighted by molar-refractivity contribution is -0.115. The average Bonchev–Trinajstić information content (AvgIpc) is 3.43. The number of sulfonamides is 1. The Labute approximate surface area is 224 Å². The second-order valence-electron chi connectivity index (χ2n) is 8.52. The summed E-state index contributed by atoms with van der Waals surface area (Å²) >= 11 is 0. The molecular weight excluding hydrogens is 516 g/mol. The lowest BCUT2D eigenvalue weighted by atomic mass is 10.2. The third-order valence-electron chi connectivity index (χ3n) is 5.81. The number of H-pyrrole nitrogens is 1. The number of rotatable bonds is 9. The van der Waals surface area contributed by atoms with Gasteiger partial charge in [0.2, 0.25) is 5.91 Å². The molecule has 39 heavy (non-hydrogen) atoms. The van der Waals surface area contributed by atoms with Crippen molar-refractivity contribution < 1.29 is 22.7 Å². The lowest BCUT2D eigenvalue weighted by Crippen LogP contribution is -2.32. The van der Waals surface area contributed by atoms with E-state index in [9.17, 15) is 18.0 Å². The Morgan fingerprint density at radius 3 is 2.28 bits per heavy atom. The van der Waals surface area contributed by atoms with Crippen LogP contribution in [0.4, 0.5) is 11.4 Å². The maximum atomic E-state index is 13.0. The van der Waals surface area contributed by atoms with Gasteiger partial charge in [0.25, 0.3) is 15.9 Å². The number of hydrogen-bond donors (Lipinski definition) is 4. The number of nitrogens with one attached hydrogen (secondary N) is 4. The molecule has 196 valence electrons. The molecule has 4 aromatic carbocycles. The molecule has 4 N–H and O–H groups in total. The van der Waals surface area contributed by atoms with E-state index in [0.717, 1.165) is 10.9 Å². The van der Waals surface area contributed by atoms with E-state index in [2.05, 4.69) is 20.3 Å². The molecule has 5 rings (SSSR count). The van der Waals surface area contributed by atoms with Crippen molar-refractivity contribution in [3.05, 3.63) is 115 Å². The van der Waals surface area contributed by atoms with Gasteiger partial charge in [-0.15, -0.1) is 0 Å². The SMILES string of the molecule is O=C(CNC(=O)c1ccc(S(=O)(=O)Nc2ccccc2Oc2ccccc2)cc1)Nc1cccc2[nH]ccc12. The molecule has 1 heterocycles. The molecule has 0 spiro atoms. The van der Waals surface area contributed by atoms with Crippen LogP contribution in [-0.4, -0.2) is 31.8 Å². The van der Waals surface area contributed by atoms with E-state index >= 15 is 0 Å². The van der Waals surface area contributed by atoms with Crippen LogP contribution in [0.25, 0.3) is 10.9 Å². The molecule has 0 bridgehead atoms. The Kier molecular flexibility index (Phi) is 7.28. The highest BCUT2D eigenvalue weighted by Crippen LogP contribution is 2.31. The van der Waals surface area contributed by atoms with Crippen molar-refractivity contribution >= 4 is 44.1 Å². The van der Waals surface area contributed by atoms with Gasteiger partial charge in [0.1, 0.15) is 5.75 Å². The number of carbonyl (C=O) groups is 2. The number of anilines is 2. The Hall–Kier alpha value is -5.09. The van der Waals surface area contributed by atoms with Gasteiger partial charge in [-0.25, -0.2) is 8.42 Å². The monoisotopic (exact) mass is 540 g/mol. The third-order valence-corrected chi connectivity index (χ3v) is 7.19. The first-order chi connectivity index (χ1) is 18.9. The number of carbonyl (C=O) groups excluding carboxylic acids is 2. The second-order valence-corrected chi connectivity index (χ2v) is 10.2. The van der Waals surface area contributed by atoms with E-state index < -0.39 is 21.8 Å². The van der Waals surface area contributed by atoms with Crippen molar-refractivity contribution in [1.29, 1.82) is 0 Å². The van der Waals surface area contributed by atoms with Gasteiger partial charge in [-0.05, 0) is 66.7 Å². The predicted octanol–water partition coefficient (Wildman–Crippen LogP) is 5.13. The average molecular weight is 541 g/mol. The maximum absolute atomic E-state index is 13.0. The molecule has 0 aliphatic heterocycles. The molecule has 0 saturated carbocycles. The van der Waals surface area contributed by atoms with Gasteiger partial charge in [-0.3, -0.25) is 14.3 Å². The van der Waals surface area contributed by atoms with Crippen LogP contribution >= 0.6 is 0 Å². The summed E-state index contributed by atoms with van der Waals surface area (Å²) < 4.78 is 34.4. The zero-order valence-electron chi connectivity index (χ0n) is 20.5. The largest absolute Gasteiger partial charge is 0.455 e. The Morgan fingerprint density at radius 2 is 1.49 bits per heavy atom. The first-order valence-corrected chi connectivity index (χ1v) is 13.5. The van der Waals surface area contributed by atoms with Crippen LogP contribution in [0.2, 0.25) is 0 Å². The van der Waals surface area contributed by atoms with Gasteiger partial charge >= 0.3 is 0 Å². The number of aromatic nitrogens is 1. The zero-order chi connectivity index (χ0) is 27.2. The molecule has 0 fully saturated rings. The Balaban J connectivity index is 1.21. The Morgan fingerprint density at radius 1 is 0.769 bits per heavy atom. The van der Waals surface area contributed by atoms with E-state index in [1.807, 2.05) is 36.4 Å². The summed E-state index contributed by atoms with van der Waals surface area (Å²) in [4.78, 5) is 28.0. The molecule has 10 heteroatoms. The van der Waals surface area contributed by atoms with Crippen LogP contribution in [0.3, 0.4) is 0 Å². The first kappa shape index (κ1) is 25.6. The van der Waals surface area contributed by atoms with E-state index in [1.165, 1.54) is 24.3 Å². The van der Waals surface area contributed by atoms with Crippen molar-refractivity contribution in [2.75, 3.05) is 16.6 Å². The molecule has 0 aliphatic rings. The van der Waals surface area contributed by atoms with E-state index in [0.29, 0.717) is 17.2 Å². The van der Waals surface area contributed by atoms with Crippen LogP contribution in [0.15, 0.2) is 114 Å². The van der Waals surface area contributed by atoms with Gasteiger partial charge in [-0.1, -0.05) is 36.4 Å². The fraction of sp³-hybridized carbons (Fsp3) is 0.0345. The number of benzene rings is 4. The zero-order valence-corrected chi connectivity index (χ0v) is 21.4. The molecule has 0 atom stereocenters. The van der Waals surface area contributed by atoms with Gasteiger partial charge in [0.05, 0.1) is 22.8 Å². The second kappa shape index (κ2) is 11.1. The van der Waals surface area contributed by atoms with Crippen molar-refractivity contribution in [2.24, 2.45) is 0 Å². The highest BCUT2D eigenvalue weighted by Gasteiger charge is 2.18. The van der Waals surface area contributed by atoms with Crippen LogP contribution < -0.4 is 20.1 Å². The number of amides is 2. The fourth-order valence-electron chi connectivity index (χ4n) is 3.90. The molecule has 1 aromatic heterocycles. The lowest BCUT2D eigenvalue weighted by Gasteiger charge is -2.13. The fourth-order valence-corrected chi connectivity index (χ4v) is 4.97. The summed E-state index contributed by atoms with van der Waals surface area (Å²) in [6.07, 6.45) is 1.78. The molecular formula is C29H24N4O5S. The van der Waals surface area contributed by atoms with Crippen LogP contribution in [-0.2, 0) is 14.8 Å². The minimum atomic E-state index is -3.97. The smallest absolute Gasteiger partial charge is 0.262 e. The molecule has 5 aromatic rings. The predicted molar refractivity (Wildman–Crippen MR) is 149 cm³/mol. The molecule has 2 amide bonds. The van der Waals surface area contributed by atoms with Gasteiger partial charge in [-0.2, -0.15) is 0 Å². The summed E-state index contributed by atoms with van der Waals surface area (Å²) in [5, 5.41) is 6.19. The van der Waals surface area contributed by atoms with E-state index in [-0.39, 0.29) is 22.7 Å². The van der Waals surface area contributed by atoms with Crippen LogP contribution in [0, 0.1) is 0 Å². The number of hydrogen-bond acceptors (Lipinski definition) is 5. The Bertz CT molecular complexity index is 1730. The number of aromatic amines is 1. The van der Waals surface area contributed by atoms with Crippen molar-refractivity contribution in [3.63, 3.8) is 0 Å². The first-order valence-electron chi connectivity index (χ1n) is 12.0. The summed E-state index contributed by atoms with van der Waals surface area (Å²) in [5.41, 5.74) is 1.99. The molecule has 0 unspecified atom stereocenters. The summed E-state index contributed by atoms with van der Waals surface area (Å²) in [7, 11) is -3.97. The normalized spacial score (nSPS) is 11.1. The summed E-state index contributed by atoms with van der Waals surface area (Å²) in [6.45, 7) is -0.251. The number of fused-ring (bicyclic) bond motifs is 1. The highest BCUT2D eigenvalue weighted by atomic mass is 32.2. The van der Waals surface area contributed by atoms with Crippen molar-refractivity contribution in [3.8, 4) is 11.5 Å². The van der Waals surface area contributed by atoms with Gasteiger partial charge < -0.3 is 20.4 Å². The topological polar surface area (TPSA) is 129 Å². The van der Waals surface area contributed by atoms with Crippen molar-refractivity contribution in [1.82, 2.24) is 10.3 Å². The standard InChI is InChI=1S/C29H24N4O5S/c34-28(32-25-11-6-10-24-23(25)17-18-30-24)19-31-29(35)20-13-15-22(16-14-20)39(36,37)33-26-9-4-5-12-27(26)38-21-7-2-1-3-8-21/h1-18,30,33H,19H2,(H,31,35)(H,32,34). The molecule has 0 radical (unpaired) electrons. The summed E-state index contributed by atoms with van der Waals surface area (Å²) in [6, 6.07) is 28.4. The molecule has 0 saturated heterocycles. The van der Waals surface area contributed by atoms with Crippen LogP contribution in [0.5, 0.6) is 11.5 Å². The third kappa shape index (κ3) is 6.08. The quantitative estimate of drug-likeness (QED) is 0.206. The van der Waals surface area contributed by atoms with E-state index in [1.54, 1.807) is 48.7 Å². The summed E-state index contributed by atoms with van der Waals surface area (Å²) in [5.74, 6) is 0.00404. The number of ether oxygens (including phenoxy) is 1. The van der Waals surface area contributed by atoms with Gasteiger partial charge in [0.15, 0.2) is 5.75 Å². The number of para-hydroxylation sites is 3. The van der Waals surface area contributed by atoms with Crippen molar-refractivity contribution in [2.45, 2.75) is 4.90 Å². The van der Waals surface area contributed by atoms with Gasteiger partial charge in [0, 0.05) is 22.7 Å².